The van der Waals surface area contributed by atoms with Crippen LogP contribution in [0.15, 0.2) is 30.6 Å². The summed E-state index contributed by atoms with van der Waals surface area (Å²) in [6.07, 6.45) is 6.32. The lowest BCUT2D eigenvalue weighted by molar-refractivity contribution is 0.0947. The third-order valence-corrected chi connectivity index (χ3v) is 3.60. The second-order valence-electron chi connectivity index (χ2n) is 5.69. The zero-order valence-electron chi connectivity index (χ0n) is 14.0. The van der Waals surface area contributed by atoms with Gasteiger partial charge in [0, 0.05) is 12.2 Å². The van der Waals surface area contributed by atoms with Gasteiger partial charge in [0.2, 0.25) is 0 Å². The molecule has 23 heavy (non-hydrogen) atoms. The van der Waals surface area contributed by atoms with Crippen LogP contribution in [0, 0.1) is 13.8 Å². The summed E-state index contributed by atoms with van der Waals surface area (Å²) >= 11 is 0. The van der Waals surface area contributed by atoms with E-state index >= 15 is 0 Å². The van der Waals surface area contributed by atoms with Crippen molar-refractivity contribution in [2.24, 2.45) is 0 Å². The highest BCUT2D eigenvalue weighted by Crippen LogP contribution is 2.19. The lowest BCUT2D eigenvalue weighted by Gasteiger charge is -2.09. The fourth-order valence-electron chi connectivity index (χ4n) is 2.27. The molecule has 2 aromatic rings. The van der Waals surface area contributed by atoms with E-state index in [2.05, 4.69) is 40.5 Å². The molecule has 2 rings (SSSR count). The van der Waals surface area contributed by atoms with Gasteiger partial charge in [0.05, 0.1) is 12.4 Å². The maximum absolute atomic E-state index is 11.9. The molecule has 0 aliphatic rings. The van der Waals surface area contributed by atoms with Gasteiger partial charge in [0.25, 0.3) is 5.91 Å². The molecule has 0 saturated carbocycles. The van der Waals surface area contributed by atoms with E-state index in [1.807, 2.05) is 19.1 Å². The second-order valence-corrected chi connectivity index (χ2v) is 5.69. The van der Waals surface area contributed by atoms with E-state index in [9.17, 15) is 4.79 Å². The quantitative estimate of drug-likeness (QED) is 0.764. The summed E-state index contributed by atoms with van der Waals surface area (Å²) in [6, 6.07) is 6.16. The number of aryl methyl sites for hydroxylation is 2. The van der Waals surface area contributed by atoms with Gasteiger partial charge >= 0.3 is 0 Å². The van der Waals surface area contributed by atoms with Gasteiger partial charge in [-0.2, -0.15) is 0 Å². The summed E-state index contributed by atoms with van der Waals surface area (Å²) in [5, 5.41) is 6.08. The van der Waals surface area contributed by atoms with Crippen LogP contribution in [0.4, 0.5) is 11.5 Å². The number of rotatable bonds is 7. The summed E-state index contributed by atoms with van der Waals surface area (Å²) < 4.78 is 0. The molecule has 1 heterocycles. The van der Waals surface area contributed by atoms with Gasteiger partial charge in [-0.1, -0.05) is 37.5 Å². The van der Waals surface area contributed by atoms with E-state index in [1.54, 1.807) is 6.20 Å². The summed E-state index contributed by atoms with van der Waals surface area (Å²) in [5.74, 6) is 0.450. The van der Waals surface area contributed by atoms with Crippen molar-refractivity contribution in [3.8, 4) is 0 Å². The van der Waals surface area contributed by atoms with Crippen LogP contribution in [0.25, 0.3) is 0 Å². The van der Waals surface area contributed by atoms with Crippen LogP contribution in [0.2, 0.25) is 0 Å². The highest BCUT2D eigenvalue weighted by atomic mass is 16.1. The fourth-order valence-corrected chi connectivity index (χ4v) is 2.27. The monoisotopic (exact) mass is 312 g/mol. The number of nitrogens with zero attached hydrogens (tertiary/aromatic N) is 2. The maximum Gasteiger partial charge on any atom is 0.271 e. The summed E-state index contributed by atoms with van der Waals surface area (Å²) in [5.41, 5.74) is 3.69. The Balaban J connectivity index is 1.95. The Morgan fingerprint density at radius 3 is 2.61 bits per heavy atom. The van der Waals surface area contributed by atoms with E-state index in [4.69, 9.17) is 0 Å². The molecule has 5 heteroatoms. The van der Waals surface area contributed by atoms with Crippen LogP contribution in [0.1, 0.15) is 47.8 Å². The first-order valence-electron chi connectivity index (χ1n) is 8.04. The molecule has 0 radical (unpaired) electrons. The van der Waals surface area contributed by atoms with Gasteiger partial charge in [-0.3, -0.25) is 4.79 Å². The Labute approximate surface area is 137 Å². The molecular formula is C18H24N4O. The van der Waals surface area contributed by atoms with E-state index in [0.29, 0.717) is 18.1 Å². The Morgan fingerprint density at radius 2 is 1.96 bits per heavy atom. The van der Waals surface area contributed by atoms with E-state index < -0.39 is 0 Å². The summed E-state index contributed by atoms with van der Waals surface area (Å²) in [6.45, 7) is 6.91. The van der Waals surface area contributed by atoms with Crippen molar-refractivity contribution in [2.75, 3.05) is 11.9 Å². The SMILES string of the molecule is CCCCCNC(=O)c1cnc(Nc2ccc(C)cc2C)cn1. The third-order valence-electron chi connectivity index (χ3n) is 3.60. The molecule has 1 aromatic heterocycles. The Bertz CT molecular complexity index is 653. The highest BCUT2D eigenvalue weighted by molar-refractivity contribution is 5.92. The van der Waals surface area contributed by atoms with Crippen LogP contribution in [0.5, 0.6) is 0 Å². The minimum atomic E-state index is -0.174. The normalized spacial score (nSPS) is 10.4. The number of anilines is 2. The van der Waals surface area contributed by atoms with E-state index in [0.717, 1.165) is 30.5 Å². The number of carbonyl (C=O) groups is 1. The first-order valence-corrected chi connectivity index (χ1v) is 8.04. The van der Waals surface area contributed by atoms with Gasteiger partial charge in [0.1, 0.15) is 11.5 Å². The Morgan fingerprint density at radius 1 is 1.13 bits per heavy atom. The van der Waals surface area contributed by atoms with Gasteiger partial charge < -0.3 is 10.6 Å². The van der Waals surface area contributed by atoms with Crippen LogP contribution >= 0.6 is 0 Å². The molecule has 2 N–H and O–H groups in total. The molecule has 0 aliphatic carbocycles. The van der Waals surface area contributed by atoms with Crippen LogP contribution in [0.3, 0.4) is 0 Å². The van der Waals surface area contributed by atoms with Crippen molar-refractivity contribution in [1.82, 2.24) is 15.3 Å². The third kappa shape index (κ3) is 5.06. The molecule has 1 amide bonds. The predicted molar refractivity (Wildman–Crippen MR) is 93.1 cm³/mol. The van der Waals surface area contributed by atoms with Crippen molar-refractivity contribution in [3.63, 3.8) is 0 Å². The molecule has 0 atom stereocenters. The Hall–Kier alpha value is -2.43. The van der Waals surface area contributed by atoms with Crippen molar-refractivity contribution in [3.05, 3.63) is 47.4 Å². The lowest BCUT2D eigenvalue weighted by Crippen LogP contribution is -2.25. The van der Waals surface area contributed by atoms with Crippen molar-refractivity contribution < 1.29 is 4.79 Å². The number of hydrogen-bond donors (Lipinski definition) is 2. The first kappa shape index (κ1) is 16.9. The molecule has 122 valence electrons. The van der Waals surface area contributed by atoms with Crippen LogP contribution in [-0.2, 0) is 0 Å². The average molecular weight is 312 g/mol. The number of amides is 1. The molecule has 0 saturated heterocycles. The molecule has 0 aliphatic heterocycles. The summed E-state index contributed by atoms with van der Waals surface area (Å²) in [4.78, 5) is 20.4. The molecule has 5 nitrogen and oxygen atoms in total. The van der Waals surface area contributed by atoms with Gasteiger partial charge in [-0.25, -0.2) is 9.97 Å². The average Bonchev–Trinajstić information content (AvgIpc) is 2.55. The van der Waals surface area contributed by atoms with Gasteiger partial charge in [0.15, 0.2) is 0 Å². The molecule has 1 aromatic carbocycles. The zero-order chi connectivity index (χ0) is 16.7. The number of aromatic nitrogens is 2. The maximum atomic E-state index is 11.9. The molecule has 0 unspecified atom stereocenters. The van der Waals surface area contributed by atoms with E-state index in [-0.39, 0.29) is 5.91 Å². The largest absolute Gasteiger partial charge is 0.351 e. The number of benzene rings is 1. The molecule has 0 fully saturated rings. The highest BCUT2D eigenvalue weighted by Gasteiger charge is 2.07. The lowest BCUT2D eigenvalue weighted by atomic mass is 10.1. The van der Waals surface area contributed by atoms with Crippen LogP contribution < -0.4 is 10.6 Å². The number of hydrogen-bond acceptors (Lipinski definition) is 4. The molecule has 0 bridgehead atoms. The smallest absolute Gasteiger partial charge is 0.271 e. The topological polar surface area (TPSA) is 66.9 Å². The molecular weight excluding hydrogens is 288 g/mol. The van der Waals surface area contributed by atoms with E-state index in [1.165, 1.54) is 11.8 Å². The zero-order valence-corrected chi connectivity index (χ0v) is 14.0. The fraction of sp³-hybridized carbons (Fsp3) is 0.389. The van der Waals surface area contributed by atoms with Crippen molar-refractivity contribution in [2.45, 2.75) is 40.0 Å². The number of nitrogens with one attached hydrogen (secondary N) is 2. The Kier molecular flexibility index (Phi) is 6.09. The van der Waals surface area contributed by atoms with Crippen molar-refractivity contribution in [1.29, 1.82) is 0 Å². The van der Waals surface area contributed by atoms with Crippen molar-refractivity contribution >= 4 is 17.4 Å². The van der Waals surface area contributed by atoms with Gasteiger partial charge in [-0.05, 0) is 31.9 Å². The number of unbranched alkanes of at least 4 members (excludes halogenated alkanes) is 2. The summed E-state index contributed by atoms with van der Waals surface area (Å²) in [7, 11) is 0. The standard InChI is InChI=1S/C18H24N4O/c1-4-5-6-9-19-18(23)16-11-21-17(12-20-16)22-15-8-7-13(2)10-14(15)3/h7-8,10-12H,4-6,9H2,1-3H3,(H,19,23)(H,21,22). The first-order chi connectivity index (χ1) is 11.1. The minimum absolute atomic E-state index is 0.174. The number of carbonyl (C=O) groups excluding carboxylic acids is 1. The predicted octanol–water partition coefficient (Wildman–Crippen LogP) is 3.76. The van der Waals surface area contributed by atoms with Gasteiger partial charge in [-0.15, -0.1) is 0 Å². The second kappa shape index (κ2) is 8.27. The van der Waals surface area contributed by atoms with Crippen LogP contribution in [-0.4, -0.2) is 22.4 Å². The minimum Gasteiger partial charge on any atom is -0.351 e. The molecule has 0 spiro atoms.